The number of nitrogens with one attached hydrogen (secondary N) is 1. The Hall–Kier alpha value is -2.30. The minimum atomic E-state index is 0.572. The molecule has 0 aliphatic rings. The van der Waals surface area contributed by atoms with Gasteiger partial charge in [-0.2, -0.15) is 4.98 Å². The van der Waals surface area contributed by atoms with E-state index < -0.39 is 0 Å². The summed E-state index contributed by atoms with van der Waals surface area (Å²) >= 11 is 0. The second-order valence-corrected chi connectivity index (χ2v) is 5.00. The lowest BCUT2D eigenvalue weighted by atomic mass is 10.1. The highest BCUT2D eigenvalue weighted by Gasteiger charge is 2.05. The molecule has 0 fully saturated rings. The maximum atomic E-state index is 5.91. The van der Waals surface area contributed by atoms with E-state index in [0.717, 1.165) is 28.9 Å². The van der Waals surface area contributed by atoms with Crippen LogP contribution in [0.2, 0.25) is 0 Å². The van der Waals surface area contributed by atoms with E-state index in [4.69, 9.17) is 10.5 Å². The van der Waals surface area contributed by atoms with Gasteiger partial charge in [0.15, 0.2) is 0 Å². The molecule has 2 aromatic rings. The number of anilines is 2. The van der Waals surface area contributed by atoms with Crippen molar-refractivity contribution >= 4 is 11.6 Å². The molecular weight excluding hydrogens is 264 g/mol. The molecule has 0 unspecified atom stereocenters. The van der Waals surface area contributed by atoms with Crippen LogP contribution in [-0.4, -0.2) is 16.6 Å². The van der Waals surface area contributed by atoms with E-state index >= 15 is 0 Å². The molecule has 0 amide bonds. The lowest BCUT2D eigenvalue weighted by Crippen LogP contribution is -2.08. The zero-order valence-corrected chi connectivity index (χ0v) is 12.8. The summed E-state index contributed by atoms with van der Waals surface area (Å²) in [7, 11) is 0. The number of nitrogens with two attached hydrogens (primary N) is 1. The third kappa shape index (κ3) is 4.08. The Morgan fingerprint density at radius 2 is 2.05 bits per heavy atom. The van der Waals surface area contributed by atoms with Crippen LogP contribution in [0, 0.1) is 13.8 Å². The van der Waals surface area contributed by atoms with E-state index in [2.05, 4.69) is 22.2 Å². The third-order valence-electron chi connectivity index (χ3n) is 3.21. The molecule has 0 spiro atoms. The highest BCUT2D eigenvalue weighted by molar-refractivity contribution is 5.50. The predicted octanol–water partition coefficient (Wildman–Crippen LogP) is 3.08. The van der Waals surface area contributed by atoms with Crippen LogP contribution in [0.15, 0.2) is 24.3 Å². The van der Waals surface area contributed by atoms with Crippen LogP contribution >= 0.6 is 0 Å². The predicted molar refractivity (Wildman–Crippen MR) is 85.5 cm³/mol. The summed E-state index contributed by atoms with van der Waals surface area (Å²) < 4.78 is 5.56. The topological polar surface area (TPSA) is 73.1 Å². The van der Waals surface area contributed by atoms with E-state index in [1.165, 1.54) is 0 Å². The number of aromatic nitrogens is 2. The Balaban J connectivity index is 2.09. The fourth-order valence-electron chi connectivity index (χ4n) is 1.97. The number of nitrogens with zero attached hydrogens (tertiary/aromatic N) is 2. The van der Waals surface area contributed by atoms with Gasteiger partial charge in [0, 0.05) is 24.0 Å². The molecule has 0 saturated heterocycles. The largest absolute Gasteiger partial charge is 0.478 e. The summed E-state index contributed by atoms with van der Waals surface area (Å²) in [5, 5.41) is 3.23. The average molecular weight is 286 g/mol. The van der Waals surface area contributed by atoms with Crippen molar-refractivity contribution in [1.82, 2.24) is 9.97 Å². The lowest BCUT2D eigenvalue weighted by Gasteiger charge is -2.11. The smallest absolute Gasteiger partial charge is 0.226 e. The monoisotopic (exact) mass is 286 g/mol. The van der Waals surface area contributed by atoms with Gasteiger partial charge in [0.05, 0.1) is 6.61 Å². The van der Waals surface area contributed by atoms with Crippen molar-refractivity contribution in [3.63, 3.8) is 0 Å². The number of rotatable bonds is 6. The van der Waals surface area contributed by atoms with Gasteiger partial charge in [0.1, 0.15) is 0 Å². The molecule has 2 rings (SSSR count). The normalized spacial score (nSPS) is 10.4. The van der Waals surface area contributed by atoms with Crippen molar-refractivity contribution < 1.29 is 4.74 Å². The minimum absolute atomic E-state index is 0.572. The molecule has 1 aromatic heterocycles. The average Bonchev–Trinajstić information content (AvgIpc) is 2.46. The molecule has 21 heavy (non-hydrogen) atoms. The summed E-state index contributed by atoms with van der Waals surface area (Å²) in [6, 6.07) is 7.74. The molecule has 112 valence electrons. The van der Waals surface area contributed by atoms with Gasteiger partial charge in [0.25, 0.3) is 0 Å². The van der Waals surface area contributed by atoms with Gasteiger partial charge in [-0.3, -0.25) is 0 Å². The van der Waals surface area contributed by atoms with Crippen molar-refractivity contribution in [3.05, 3.63) is 41.1 Å². The van der Waals surface area contributed by atoms with Crippen molar-refractivity contribution in [1.29, 1.82) is 0 Å². The number of ether oxygens (including phenoxy) is 1. The van der Waals surface area contributed by atoms with Gasteiger partial charge in [-0.05, 0) is 37.5 Å². The fourth-order valence-corrected chi connectivity index (χ4v) is 1.97. The molecule has 0 saturated carbocycles. The van der Waals surface area contributed by atoms with Crippen molar-refractivity contribution in [2.75, 3.05) is 17.7 Å². The van der Waals surface area contributed by atoms with Crippen LogP contribution in [0.25, 0.3) is 0 Å². The first kappa shape index (κ1) is 15.1. The quantitative estimate of drug-likeness (QED) is 0.798. The molecular formula is C16H22N4O. The zero-order valence-electron chi connectivity index (χ0n) is 12.8. The van der Waals surface area contributed by atoms with E-state index in [-0.39, 0.29) is 0 Å². The molecule has 0 aliphatic carbocycles. The first-order chi connectivity index (χ1) is 10.1. The fraction of sp³-hybridized carbons (Fsp3) is 0.375. The summed E-state index contributed by atoms with van der Waals surface area (Å²) in [5.41, 5.74) is 9.81. The van der Waals surface area contributed by atoms with E-state index in [1.54, 1.807) is 0 Å². The molecule has 0 bridgehead atoms. The molecule has 5 heteroatoms. The van der Waals surface area contributed by atoms with Crippen LogP contribution in [0.1, 0.15) is 30.2 Å². The maximum absolute atomic E-state index is 5.91. The SMILES string of the molecule is CCCOc1cc(C)nc(NCc2cccc(N)c2C)n1. The van der Waals surface area contributed by atoms with Gasteiger partial charge in [-0.25, -0.2) is 4.98 Å². The van der Waals surface area contributed by atoms with Crippen LogP contribution in [-0.2, 0) is 6.54 Å². The summed E-state index contributed by atoms with van der Waals surface area (Å²) in [4.78, 5) is 8.74. The molecule has 5 nitrogen and oxygen atoms in total. The van der Waals surface area contributed by atoms with Gasteiger partial charge < -0.3 is 15.8 Å². The van der Waals surface area contributed by atoms with E-state index in [9.17, 15) is 0 Å². The Bertz CT molecular complexity index is 613. The zero-order chi connectivity index (χ0) is 15.2. The number of hydrogen-bond acceptors (Lipinski definition) is 5. The van der Waals surface area contributed by atoms with Crippen LogP contribution in [0.4, 0.5) is 11.6 Å². The van der Waals surface area contributed by atoms with Gasteiger partial charge in [-0.15, -0.1) is 0 Å². The number of benzene rings is 1. The van der Waals surface area contributed by atoms with Crippen LogP contribution in [0.5, 0.6) is 5.88 Å². The molecule has 1 aromatic carbocycles. The Kier molecular flexibility index (Phi) is 4.98. The summed E-state index contributed by atoms with van der Waals surface area (Å²) in [6.45, 7) is 7.30. The number of nitrogen functional groups attached to an aromatic ring is 1. The Morgan fingerprint density at radius 1 is 1.24 bits per heavy atom. The van der Waals surface area contributed by atoms with Crippen molar-refractivity contribution in [2.45, 2.75) is 33.7 Å². The highest BCUT2D eigenvalue weighted by atomic mass is 16.5. The van der Waals surface area contributed by atoms with Crippen molar-refractivity contribution in [2.24, 2.45) is 0 Å². The Labute approximate surface area is 125 Å². The standard InChI is InChI=1S/C16H22N4O/c1-4-8-21-15-9-11(2)19-16(20-15)18-10-13-6-5-7-14(17)12(13)3/h5-7,9H,4,8,10,17H2,1-3H3,(H,18,19,20). The van der Waals surface area contributed by atoms with E-state index in [1.807, 2.05) is 38.1 Å². The van der Waals surface area contributed by atoms with E-state index in [0.29, 0.717) is 25.0 Å². The number of aryl methyl sites for hydroxylation is 1. The van der Waals surface area contributed by atoms with Crippen molar-refractivity contribution in [3.8, 4) is 5.88 Å². The molecule has 1 heterocycles. The van der Waals surface area contributed by atoms with Gasteiger partial charge in [-0.1, -0.05) is 19.1 Å². The van der Waals surface area contributed by atoms with Crippen LogP contribution in [0.3, 0.4) is 0 Å². The minimum Gasteiger partial charge on any atom is -0.478 e. The third-order valence-corrected chi connectivity index (χ3v) is 3.21. The molecule has 0 atom stereocenters. The number of hydrogen-bond donors (Lipinski definition) is 2. The maximum Gasteiger partial charge on any atom is 0.226 e. The van der Waals surface area contributed by atoms with Gasteiger partial charge in [0.2, 0.25) is 11.8 Å². The van der Waals surface area contributed by atoms with Crippen LogP contribution < -0.4 is 15.8 Å². The first-order valence-electron chi connectivity index (χ1n) is 7.16. The van der Waals surface area contributed by atoms with Gasteiger partial charge >= 0.3 is 0 Å². The Morgan fingerprint density at radius 3 is 2.81 bits per heavy atom. The molecule has 0 radical (unpaired) electrons. The second-order valence-electron chi connectivity index (χ2n) is 5.00. The summed E-state index contributed by atoms with van der Waals surface area (Å²) in [5.74, 6) is 1.18. The highest BCUT2D eigenvalue weighted by Crippen LogP contribution is 2.17. The lowest BCUT2D eigenvalue weighted by molar-refractivity contribution is 0.305. The molecule has 0 aliphatic heterocycles. The second kappa shape index (κ2) is 6.92. The first-order valence-corrected chi connectivity index (χ1v) is 7.16. The summed E-state index contributed by atoms with van der Waals surface area (Å²) in [6.07, 6.45) is 0.953. The molecule has 3 N–H and O–H groups in total.